The zero-order valence-electron chi connectivity index (χ0n) is 17.1. The van der Waals surface area contributed by atoms with Crippen molar-refractivity contribution in [2.45, 2.75) is 72.3 Å². The Bertz CT molecular complexity index is 718. The van der Waals surface area contributed by atoms with E-state index >= 15 is 0 Å². The number of carbonyl (C=O) groups excluding carboxylic acids is 2. The third-order valence-corrected chi connectivity index (χ3v) is 4.56. The molecule has 0 N–H and O–H groups in total. The first-order valence-electron chi connectivity index (χ1n) is 8.98. The van der Waals surface area contributed by atoms with Gasteiger partial charge in [-0.15, -0.1) is 0 Å². The minimum absolute atomic E-state index is 0.352. The lowest BCUT2D eigenvalue weighted by molar-refractivity contribution is 0.0236. The molecule has 9 heteroatoms. The summed E-state index contributed by atoms with van der Waals surface area (Å²) in [4.78, 5) is 27.9. The van der Waals surface area contributed by atoms with Crippen LogP contribution in [0, 0.1) is 0 Å². The predicted octanol–water partition coefficient (Wildman–Crippen LogP) is 4.16. The number of hydrogen-bond donors (Lipinski definition) is 0. The molecule has 0 unspecified atom stereocenters. The number of ether oxygens (including phenoxy) is 2. The predicted molar refractivity (Wildman–Crippen MR) is 106 cm³/mol. The maximum atomic E-state index is 12.5. The van der Waals surface area contributed by atoms with Gasteiger partial charge in [0.1, 0.15) is 11.2 Å². The van der Waals surface area contributed by atoms with E-state index in [1.165, 1.54) is 4.90 Å². The summed E-state index contributed by atoms with van der Waals surface area (Å²) in [6.07, 6.45) is -0.0952. The van der Waals surface area contributed by atoms with Crippen LogP contribution in [0.5, 0.6) is 0 Å². The topological polar surface area (TPSA) is 76.9 Å². The van der Waals surface area contributed by atoms with Gasteiger partial charge in [-0.25, -0.2) is 9.59 Å². The molecule has 0 radical (unpaired) electrons. The van der Waals surface area contributed by atoms with Crippen molar-refractivity contribution in [2.75, 3.05) is 18.5 Å². The lowest BCUT2D eigenvalue weighted by atomic mass is 10.2. The molecular weight excluding hydrogens is 416 g/mol. The fourth-order valence-corrected chi connectivity index (χ4v) is 3.26. The second-order valence-electron chi connectivity index (χ2n) is 8.60. The monoisotopic (exact) mass is 444 g/mol. The Morgan fingerprint density at radius 3 is 2.22 bits per heavy atom. The standard InChI is InChI=1S/C18H29BrN4O4/c1-17(2,3)26-15(24)21(7)14-13(19)12-11-22(9-8-10-23(12)20-14)16(25)27-18(4,5)6/h8-11H2,1-7H3. The summed E-state index contributed by atoms with van der Waals surface area (Å²) in [5.74, 6) is 0.463. The zero-order valence-corrected chi connectivity index (χ0v) is 18.7. The second kappa shape index (κ2) is 7.69. The van der Waals surface area contributed by atoms with Crippen LogP contribution in [0.4, 0.5) is 15.4 Å². The normalized spacial score (nSPS) is 15.0. The zero-order chi connectivity index (χ0) is 20.6. The number of nitrogens with zero attached hydrogens (tertiary/aromatic N) is 4. The van der Waals surface area contributed by atoms with Crippen molar-refractivity contribution in [3.05, 3.63) is 10.2 Å². The van der Waals surface area contributed by atoms with Gasteiger partial charge in [-0.1, -0.05) is 0 Å². The molecular formula is C18H29BrN4O4. The third kappa shape index (κ3) is 5.60. The van der Waals surface area contributed by atoms with Crippen molar-refractivity contribution in [3.63, 3.8) is 0 Å². The molecule has 0 saturated heterocycles. The van der Waals surface area contributed by atoms with Gasteiger partial charge in [-0.3, -0.25) is 9.58 Å². The maximum absolute atomic E-state index is 12.5. The molecule has 2 amide bonds. The summed E-state index contributed by atoms with van der Waals surface area (Å²) >= 11 is 3.55. The van der Waals surface area contributed by atoms with Crippen molar-refractivity contribution in [1.82, 2.24) is 14.7 Å². The molecule has 0 fully saturated rings. The Balaban J connectivity index is 2.23. The first-order valence-corrected chi connectivity index (χ1v) is 9.77. The molecule has 1 aliphatic rings. The Kier molecular flexibility index (Phi) is 6.13. The van der Waals surface area contributed by atoms with Crippen LogP contribution < -0.4 is 4.90 Å². The van der Waals surface area contributed by atoms with Gasteiger partial charge in [-0.2, -0.15) is 5.10 Å². The van der Waals surface area contributed by atoms with E-state index in [-0.39, 0.29) is 6.09 Å². The van der Waals surface area contributed by atoms with Gasteiger partial charge in [-0.05, 0) is 63.9 Å². The first kappa shape index (κ1) is 21.5. The molecule has 0 saturated carbocycles. The van der Waals surface area contributed by atoms with Crippen molar-refractivity contribution in [2.24, 2.45) is 0 Å². The average molecular weight is 445 g/mol. The van der Waals surface area contributed by atoms with E-state index in [1.54, 1.807) is 11.9 Å². The van der Waals surface area contributed by atoms with Crippen LogP contribution in [0.15, 0.2) is 4.47 Å². The molecule has 0 atom stereocenters. The first-order chi connectivity index (χ1) is 12.3. The molecule has 27 heavy (non-hydrogen) atoms. The van der Waals surface area contributed by atoms with Crippen molar-refractivity contribution < 1.29 is 19.1 Å². The van der Waals surface area contributed by atoms with E-state index in [1.807, 2.05) is 46.2 Å². The lowest BCUT2D eigenvalue weighted by Crippen LogP contribution is -2.36. The van der Waals surface area contributed by atoms with E-state index in [0.717, 1.165) is 12.1 Å². The molecule has 0 bridgehead atoms. The fourth-order valence-electron chi connectivity index (χ4n) is 2.58. The largest absolute Gasteiger partial charge is 0.444 e. The highest BCUT2D eigenvalue weighted by atomic mass is 79.9. The fraction of sp³-hybridized carbons (Fsp3) is 0.722. The van der Waals surface area contributed by atoms with Gasteiger partial charge in [0.2, 0.25) is 0 Å². The molecule has 152 valence electrons. The van der Waals surface area contributed by atoms with Crippen LogP contribution in [0.3, 0.4) is 0 Å². The molecule has 2 heterocycles. The van der Waals surface area contributed by atoms with E-state index in [9.17, 15) is 9.59 Å². The summed E-state index contributed by atoms with van der Waals surface area (Å²) < 4.78 is 13.4. The van der Waals surface area contributed by atoms with Gasteiger partial charge in [0.15, 0.2) is 5.82 Å². The van der Waals surface area contributed by atoms with Crippen LogP contribution >= 0.6 is 15.9 Å². The summed E-state index contributed by atoms with van der Waals surface area (Å²) in [5, 5.41) is 4.55. The summed E-state index contributed by atoms with van der Waals surface area (Å²) in [7, 11) is 1.62. The SMILES string of the molecule is CN(C(=O)OC(C)(C)C)c1nn2c(c1Br)CN(C(=O)OC(C)(C)C)CCC2. The highest BCUT2D eigenvalue weighted by Gasteiger charge is 2.30. The van der Waals surface area contributed by atoms with Crippen molar-refractivity contribution in [1.29, 1.82) is 0 Å². The molecule has 0 spiro atoms. The molecule has 2 rings (SSSR count). The van der Waals surface area contributed by atoms with Crippen LogP contribution in [-0.2, 0) is 22.6 Å². The van der Waals surface area contributed by atoms with E-state index < -0.39 is 17.3 Å². The van der Waals surface area contributed by atoms with Gasteiger partial charge < -0.3 is 14.4 Å². The number of halogens is 1. The molecule has 8 nitrogen and oxygen atoms in total. The third-order valence-electron chi connectivity index (χ3n) is 3.75. The van der Waals surface area contributed by atoms with Crippen LogP contribution in [0.25, 0.3) is 0 Å². The smallest absolute Gasteiger partial charge is 0.415 e. The molecule has 0 aromatic carbocycles. The molecule has 1 aromatic rings. The number of carbonyl (C=O) groups is 2. The minimum Gasteiger partial charge on any atom is -0.444 e. The van der Waals surface area contributed by atoms with E-state index in [0.29, 0.717) is 29.9 Å². The van der Waals surface area contributed by atoms with E-state index in [2.05, 4.69) is 21.0 Å². The number of aryl methyl sites for hydroxylation is 1. The van der Waals surface area contributed by atoms with E-state index in [4.69, 9.17) is 9.47 Å². The summed E-state index contributed by atoms with van der Waals surface area (Å²) in [6.45, 7) is 12.6. The number of aromatic nitrogens is 2. The van der Waals surface area contributed by atoms with Crippen molar-refractivity contribution in [3.8, 4) is 0 Å². The highest BCUT2D eigenvalue weighted by Crippen LogP contribution is 2.32. The molecule has 0 aliphatic carbocycles. The molecule has 1 aromatic heterocycles. The molecule has 1 aliphatic heterocycles. The maximum Gasteiger partial charge on any atom is 0.415 e. The Labute approximate surface area is 168 Å². The minimum atomic E-state index is -0.595. The van der Waals surface area contributed by atoms with Gasteiger partial charge in [0, 0.05) is 20.1 Å². The summed E-state index contributed by atoms with van der Waals surface area (Å²) in [5.41, 5.74) is -0.325. The quantitative estimate of drug-likeness (QED) is 0.649. The average Bonchev–Trinajstić information content (AvgIpc) is 2.67. The second-order valence-corrected chi connectivity index (χ2v) is 9.40. The Hall–Kier alpha value is -1.77. The number of amides is 2. The van der Waals surface area contributed by atoms with Crippen LogP contribution in [0.2, 0.25) is 0 Å². The van der Waals surface area contributed by atoms with Crippen LogP contribution in [0.1, 0.15) is 53.7 Å². The number of anilines is 1. The number of hydrogen-bond acceptors (Lipinski definition) is 5. The Morgan fingerprint density at radius 2 is 1.67 bits per heavy atom. The van der Waals surface area contributed by atoms with Crippen LogP contribution in [-0.4, -0.2) is 51.7 Å². The van der Waals surface area contributed by atoms with Gasteiger partial charge in [0.05, 0.1) is 16.7 Å². The van der Waals surface area contributed by atoms with Crippen molar-refractivity contribution >= 4 is 33.9 Å². The Morgan fingerprint density at radius 1 is 1.07 bits per heavy atom. The summed E-state index contributed by atoms with van der Waals surface area (Å²) in [6, 6.07) is 0. The number of rotatable bonds is 1. The van der Waals surface area contributed by atoms with Gasteiger partial charge >= 0.3 is 12.2 Å². The number of fused-ring (bicyclic) bond motifs is 1. The lowest BCUT2D eigenvalue weighted by Gasteiger charge is -2.26. The highest BCUT2D eigenvalue weighted by molar-refractivity contribution is 9.10. The van der Waals surface area contributed by atoms with Gasteiger partial charge in [0.25, 0.3) is 0 Å².